The molecule has 0 saturated carbocycles. The maximum absolute atomic E-state index is 12.0. The number of carboxylic acids is 1. The van der Waals surface area contributed by atoms with Crippen molar-refractivity contribution in [2.75, 3.05) is 20.6 Å². The van der Waals surface area contributed by atoms with Gasteiger partial charge in [0.2, 0.25) is 5.91 Å². The molecule has 8 heteroatoms. The van der Waals surface area contributed by atoms with Crippen molar-refractivity contribution in [3.05, 3.63) is 22.4 Å². The van der Waals surface area contributed by atoms with Crippen molar-refractivity contribution < 1.29 is 19.5 Å². The number of carbonyl (C=O) groups excluding carboxylic acids is 2. The molecule has 0 aliphatic heterocycles. The van der Waals surface area contributed by atoms with Crippen LogP contribution in [-0.4, -0.2) is 48.6 Å². The number of nitrogens with zero attached hydrogens (tertiary/aromatic N) is 1. The highest BCUT2D eigenvalue weighted by atomic mass is 32.1. The minimum absolute atomic E-state index is 0.178. The number of urea groups is 1. The average Bonchev–Trinajstić information content (AvgIpc) is 2.96. The van der Waals surface area contributed by atoms with E-state index in [0.717, 1.165) is 0 Å². The molecule has 7 nitrogen and oxygen atoms in total. The van der Waals surface area contributed by atoms with Crippen molar-refractivity contribution in [3.63, 3.8) is 0 Å². The third-order valence-electron chi connectivity index (χ3n) is 2.93. The van der Waals surface area contributed by atoms with Crippen LogP contribution < -0.4 is 10.6 Å². The van der Waals surface area contributed by atoms with Gasteiger partial charge in [-0.2, -0.15) is 0 Å². The molecule has 0 aromatic carbocycles. The lowest BCUT2D eigenvalue weighted by molar-refractivity contribution is -0.139. The molecule has 0 aliphatic carbocycles. The lowest BCUT2D eigenvalue weighted by Gasteiger charge is -2.23. The summed E-state index contributed by atoms with van der Waals surface area (Å²) < 4.78 is 0. The van der Waals surface area contributed by atoms with Crippen molar-refractivity contribution in [1.82, 2.24) is 15.5 Å². The Labute approximate surface area is 126 Å². The van der Waals surface area contributed by atoms with Crippen molar-refractivity contribution in [3.8, 4) is 0 Å². The summed E-state index contributed by atoms with van der Waals surface area (Å²) in [5, 5.41) is 15.9. The normalized spacial score (nSPS) is 13.1. The minimum Gasteiger partial charge on any atom is -0.479 e. The molecular formula is C13H19N3O4S. The summed E-state index contributed by atoms with van der Waals surface area (Å²) in [6.07, 6.45) is 0. The predicted molar refractivity (Wildman–Crippen MR) is 79.1 cm³/mol. The van der Waals surface area contributed by atoms with E-state index >= 15 is 0 Å². The number of thiophene rings is 1. The molecule has 0 fully saturated rings. The molecule has 2 atom stereocenters. The summed E-state index contributed by atoms with van der Waals surface area (Å²) in [5.41, 5.74) is 0. The van der Waals surface area contributed by atoms with E-state index in [0.29, 0.717) is 4.88 Å². The highest BCUT2D eigenvalue weighted by Crippen LogP contribution is 2.19. The molecule has 1 rings (SSSR count). The molecule has 0 radical (unpaired) electrons. The molecule has 0 bridgehead atoms. The van der Waals surface area contributed by atoms with E-state index < -0.39 is 18.0 Å². The first-order valence-electron chi connectivity index (χ1n) is 6.36. The largest absolute Gasteiger partial charge is 0.479 e. The van der Waals surface area contributed by atoms with Gasteiger partial charge >= 0.3 is 12.0 Å². The Hall–Kier alpha value is -2.09. The number of hydrogen-bond acceptors (Lipinski definition) is 4. The number of carbonyl (C=O) groups is 3. The van der Waals surface area contributed by atoms with Gasteiger partial charge in [-0.05, 0) is 11.4 Å². The van der Waals surface area contributed by atoms with Gasteiger partial charge in [-0.25, -0.2) is 9.59 Å². The Balaban J connectivity index is 2.65. The zero-order valence-electron chi connectivity index (χ0n) is 12.1. The van der Waals surface area contributed by atoms with Crippen LogP contribution in [0.5, 0.6) is 0 Å². The maximum Gasteiger partial charge on any atom is 0.331 e. The molecule has 3 amide bonds. The molecular weight excluding hydrogens is 294 g/mol. The van der Waals surface area contributed by atoms with E-state index in [1.807, 2.05) is 0 Å². The quantitative estimate of drug-likeness (QED) is 0.726. The van der Waals surface area contributed by atoms with Gasteiger partial charge in [-0.15, -0.1) is 11.3 Å². The molecule has 116 valence electrons. The van der Waals surface area contributed by atoms with E-state index in [2.05, 4.69) is 10.6 Å². The number of aliphatic carboxylic acids is 1. The summed E-state index contributed by atoms with van der Waals surface area (Å²) in [7, 11) is 3.04. The van der Waals surface area contributed by atoms with Crippen molar-refractivity contribution in [1.29, 1.82) is 0 Å². The monoisotopic (exact) mass is 313 g/mol. The summed E-state index contributed by atoms with van der Waals surface area (Å²) in [6.45, 7) is 1.89. The summed E-state index contributed by atoms with van der Waals surface area (Å²) in [6, 6.07) is 1.75. The second-order valence-electron chi connectivity index (χ2n) is 4.63. The van der Waals surface area contributed by atoms with Gasteiger partial charge in [-0.1, -0.05) is 13.0 Å². The zero-order valence-corrected chi connectivity index (χ0v) is 12.9. The topological polar surface area (TPSA) is 98.7 Å². The molecule has 0 aliphatic rings. The number of hydrogen-bond donors (Lipinski definition) is 3. The Morgan fingerprint density at radius 3 is 2.57 bits per heavy atom. The summed E-state index contributed by atoms with van der Waals surface area (Å²) in [5.74, 6) is -1.68. The van der Waals surface area contributed by atoms with Crippen molar-refractivity contribution in [2.45, 2.75) is 13.0 Å². The molecule has 0 spiro atoms. The highest BCUT2D eigenvalue weighted by molar-refractivity contribution is 7.10. The Bertz CT molecular complexity index is 504. The zero-order chi connectivity index (χ0) is 16.0. The van der Waals surface area contributed by atoms with E-state index in [1.165, 1.54) is 30.3 Å². The Morgan fingerprint density at radius 1 is 1.43 bits per heavy atom. The fourth-order valence-corrected chi connectivity index (χ4v) is 2.53. The van der Waals surface area contributed by atoms with Gasteiger partial charge in [0.15, 0.2) is 6.04 Å². The molecule has 0 saturated heterocycles. The first kappa shape index (κ1) is 17.0. The number of rotatable bonds is 6. The molecule has 21 heavy (non-hydrogen) atoms. The fourth-order valence-electron chi connectivity index (χ4n) is 1.77. The molecule has 3 N–H and O–H groups in total. The third kappa shape index (κ3) is 4.75. The molecule has 1 aromatic heterocycles. The predicted octanol–water partition coefficient (Wildman–Crippen LogP) is 0.897. The van der Waals surface area contributed by atoms with Gasteiger partial charge in [0.05, 0.1) is 5.92 Å². The lowest BCUT2D eigenvalue weighted by Crippen LogP contribution is -2.45. The van der Waals surface area contributed by atoms with Crippen LogP contribution >= 0.6 is 11.3 Å². The maximum atomic E-state index is 12.0. The van der Waals surface area contributed by atoms with Crippen LogP contribution in [0.2, 0.25) is 0 Å². The van der Waals surface area contributed by atoms with Gasteiger partial charge in [-0.3, -0.25) is 4.79 Å². The van der Waals surface area contributed by atoms with Crippen LogP contribution in [0.4, 0.5) is 4.79 Å². The van der Waals surface area contributed by atoms with Crippen LogP contribution in [0.1, 0.15) is 17.8 Å². The van der Waals surface area contributed by atoms with Gasteiger partial charge in [0, 0.05) is 25.5 Å². The summed E-state index contributed by atoms with van der Waals surface area (Å²) >= 11 is 1.26. The smallest absolute Gasteiger partial charge is 0.331 e. The minimum atomic E-state index is -1.13. The standard InChI is InChI=1S/C13H19N3O4S/c1-8(11(17)14-2)7-16(3)13(20)15-10(12(18)19)9-5-4-6-21-9/h4-6,8,10H,7H2,1-3H3,(H,14,17)(H,15,20)(H,18,19). The van der Waals surface area contributed by atoms with Crippen LogP contribution in [-0.2, 0) is 9.59 Å². The Kier molecular flexibility index (Phi) is 6.16. The SMILES string of the molecule is CNC(=O)C(C)CN(C)C(=O)NC(C(=O)O)c1cccs1. The van der Waals surface area contributed by atoms with Gasteiger partial charge in [0.1, 0.15) is 0 Å². The second kappa shape index (κ2) is 7.63. The van der Waals surface area contributed by atoms with Gasteiger partial charge < -0.3 is 20.6 Å². The van der Waals surface area contributed by atoms with E-state index in [1.54, 1.807) is 24.4 Å². The van der Waals surface area contributed by atoms with E-state index in [9.17, 15) is 19.5 Å². The molecule has 1 aromatic rings. The first-order valence-corrected chi connectivity index (χ1v) is 7.24. The van der Waals surface area contributed by atoms with Crippen LogP contribution in [0.25, 0.3) is 0 Å². The van der Waals surface area contributed by atoms with E-state index in [-0.39, 0.29) is 18.4 Å². The number of nitrogens with one attached hydrogen (secondary N) is 2. The number of amides is 3. The van der Waals surface area contributed by atoms with Crippen LogP contribution in [0.15, 0.2) is 17.5 Å². The van der Waals surface area contributed by atoms with Crippen molar-refractivity contribution >= 4 is 29.2 Å². The number of carboxylic acid groups (broad SMARTS) is 1. The second-order valence-corrected chi connectivity index (χ2v) is 5.61. The molecule has 1 heterocycles. The fraction of sp³-hybridized carbons (Fsp3) is 0.462. The first-order chi connectivity index (χ1) is 9.86. The van der Waals surface area contributed by atoms with Crippen molar-refractivity contribution in [2.24, 2.45) is 5.92 Å². The Morgan fingerprint density at radius 2 is 2.10 bits per heavy atom. The van der Waals surface area contributed by atoms with Gasteiger partial charge in [0.25, 0.3) is 0 Å². The highest BCUT2D eigenvalue weighted by Gasteiger charge is 2.25. The van der Waals surface area contributed by atoms with Crippen LogP contribution in [0.3, 0.4) is 0 Å². The lowest BCUT2D eigenvalue weighted by atomic mass is 10.1. The average molecular weight is 313 g/mol. The molecule has 2 unspecified atom stereocenters. The third-order valence-corrected chi connectivity index (χ3v) is 3.87. The van der Waals surface area contributed by atoms with E-state index in [4.69, 9.17) is 0 Å². The van der Waals surface area contributed by atoms with Crippen LogP contribution in [0, 0.1) is 5.92 Å². The summed E-state index contributed by atoms with van der Waals surface area (Å²) in [4.78, 5) is 36.5.